The Hall–Kier alpha value is -1.13. The Morgan fingerprint density at radius 1 is 1.06 bits per heavy atom. The molecule has 0 atom stereocenters. The molecule has 0 N–H and O–H groups in total. The van der Waals surface area contributed by atoms with E-state index in [2.05, 4.69) is 6.92 Å². The van der Waals surface area contributed by atoms with Crippen molar-refractivity contribution in [2.75, 3.05) is 6.61 Å². The van der Waals surface area contributed by atoms with Crippen LogP contribution in [0.25, 0.3) is 0 Å². The van der Waals surface area contributed by atoms with Crippen LogP contribution < -0.4 is 10.2 Å². The lowest BCUT2D eigenvalue weighted by molar-refractivity contribution is 0.306. The molecule has 0 aliphatic rings. The Kier molecular flexibility index (Phi) is 4.71. The maximum Gasteiger partial charge on any atom is 0.509 e. The molecule has 1 nitrogen and oxygen atoms in total. The second kappa shape index (κ2) is 5.82. The minimum absolute atomic E-state index is 0.500. The van der Waals surface area contributed by atoms with Gasteiger partial charge in [-0.2, -0.15) is 0 Å². The molecule has 0 radical (unpaired) electrons. The smallest absolute Gasteiger partial charge is 0.494 e. The van der Waals surface area contributed by atoms with Crippen molar-refractivity contribution in [1.82, 2.24) is 0 Å². The highest BCUT2D eigenvalue weighted by Crippen LogP contribution is 2.13. The Morgan fingerprint density at radius 2 is 1.69 bits per heavy atom. The third-order valence-corrected chi connectivity index (χ3v) is 2.27. The quantitative estimate of drug-likeness (QED) is 0.539. The zero-order valence-electron chi connectivity index (χ0n) is 9.26. The van der Waals surface area contributed by atoms with Crippen LogP contribution >= 0.6 is 0 Å². The van der Waals surface area contributed by atoms with E-state index in [4.69, 9.17) is 4.74 Å². The van der Waals surface area contributed by atoms with Crippen LogP contribution in [0.5, 0.6) is 5.75 Å². The maximum atomic E-state index is 12.3. The fourth-order valence-corrected chi connectivity index (χ4v) is 1.32. The van der Waals surface area contributed by atoms with Crippen molar-refractivity contribution in [3.05, 3.63) is 24.3 Å². The molecular weight excluding hydrogens is 216 g/mol. The highest BCUT2D eigenvalue weighted by atomic mass is 19.4. The van der Waals surface area contributed by atoms with Crippen molar-refractivity contribution in [2.45, 2.75) is 26.2 Å². The molecule has 0 saturated heterocycles. The van der Waals surface area contributed by atoms with Crippen LogP contribution in [0.4, 0.5) is 12.9 Å². The van der Waals surface area contributed by atoms with Gasteiger partial charge in [-0.3, -0.25) is 0 Å². The van der Waals surface area contributed by atoms with Crippen LogP contribution in [-0.4, -0.2) is 13.6 Å². The van der Waals surface area contributed by atoms with Crippen LogP contribution in [0.1, 0.15) is 26.2 Å². The van der Waals surface area contributed by atoms with Crippen LogP contribution in [0.2, 0.25) is 0 Å². The summed E-state index contributed by atoms with van der Waals surface area (Å²) in [6.07, 6.45) is 3.10. The van der Waals surface area contributed by atoms with Gasteiger partial charge in [0.25, 0.3) is 0 Å². The summed E-state index contributed by atoms with van der Waals surface area (Å²) in [5.74, 6) is 0.500. The number of benzene rings is 1. The number of unbranched alkanes of at least 4 members (excludes halogenated alkanes) is 2. The molecule has 0 amide bonds. The Balaban J connectivity index is 2.46. The number of hydrogen-bond acceptors (Lipinski definition) is 1. The first-order valence-electron chi connectivity index (χ1n) is 5.46. The van der Waals surface area contributed by atoms with Crippen LogP contribution in [-0.2, 0) is 0 Å². The first kappa shape index (κ1) is 12.9. The van der Waals surface area contributed by atoms with Gasteiger partial charge in [-0.05, 0) is 18.6 Å². The Morgan fingerprint density at radius 3 is 2.19 bits per heavy atom. The van der Waals surface area contributed by atoms with E-state index < -0.39 is 12.4 Å². The van der Waals surface area contributed by atoms with Gasteiger partial charge in [0.15, 0.2) is 0 Å². The van der Waals surface area contributed by atoms with Crippen molar-refractivity contribution in [2.24, 2.45) is 0 Å². The van der Waals surface area contributed by atoms with Crippen LogP contribution in [0.15, 0.2) is 24.3 Å². The first-order chi connectivity index (χ1) is 7.54. The van der Waals surface area contributed by atoms with E-state index in [0.717, 1.165) is 31.4 Å². The lowest BCUT2D eigenvalue weighted by atomic mass is 9.80. The molecule has 0 heterocycles. The fourth-order valence-electron chi connectivity index (χ4n) is 1.32. The van der Waals surface area contributed by atoms with E-state index in [1.54, 1.807) is 0 Å². The van der Waals surface area contributed by atoms with Gasteiger partial charge in [0.05, 0.1) is 6.61 Å². The molecule has 0 spiro atoms. The summed E-state index contributed by atoms with van der Waals surface area (Å²) >= 11 is 0. The van der Waals surface area contributed by atoms with E-state index in [0.29, 0.717) is 12.4 Å². The summed E-state index contributed by atoms with van der Waals surface area (Å²) < 4.78 is 42.2. The summed E-state index contributed by atoms with van der Waals surface area (Å²) in [5, 5.41) is 0. The van der Waals surface area contributed by atoms with Gasteiger partial charge in [0, 0.05) is 0 Å². The maximum absolute atomic E-state index is 12.3. The average molecular weight is 231 g/mol. The molecular formula is C11H15BF3O-. The molecule has 0 aromatic heterocycles. The van der Waals surface area contributed by atoms with E-state index in [9.17, 15) is 12.9 Å². The zero-order valence-corrected chi connectivity index (χ0v) is 9.26. The molecule has 0 unspecified atom stereocenters. The normalized spacial score (nSPS) is 11.5. The minimum Gasteiger partial charge on any atom is -0.494 e. The second-order valence-electron chi connectivity index (χ2n) is 3.70. The molecule has 0 bridgehead atoms. The van der Waals surface area contributed by atoms with Crippen molar-refractivity contribution < 1.29 is 17.7 Å². The molecule has 1 rings (SSSR count). The third kappa shape index (κ3) is 4.17. The topological polar surface area (TPSA) is 9.23 Å². The van der Waals surface area contributed by atoms with Crippen molar-refractivity contribution in [3.8, 4) is 5.75 Å². The Bertz CT molecular complexity index is 308. The molecule has 0 aliphatic carbocycles. The van der Waals surface area contributed by atoms with Gasteiger partial charge >= 0.3 is 6.98 Å². The van der Waals surface area contributed by atoms with Gasteiger partial charge in [-0.15, -0.1) is 5.46 Å². The van der Waals surface area contributed by atoms with Gasteiger partial charge < -0.3 is 17.7 Å². The van der Waals surface area contributed by atoms with E-state index in [1.807, 2.05) is 0 Å². The second-order valence-corrected chi connectivity index (χ2v) is 3.70. The van der Waals surface area contributed by atoms with Gasteiger partial charge in [-0.1, -0.05) is 31.9 Å². The predicted octanol–water partition coefficient (Wildman–Crippen LogP) is 3.31. The van der Waals surface area contributed by atoms with E-state index in [-0.39, 0.29) is 0 Å². The molecule has 1 aromatic carbocycles. The highest BCUT2D eigenvalue weighted by Gasteiger charge is 2.24. The number of rotatable bonds is 6. The Labute approximate surface area is 93.7 Å². The summed E-state index contributed by atoms with van der Waals surface area (Å²) in [6.45, 7) is -2.25. The van der Waals surface area contributed by atoms with E-state index >= 15 is 0 Å². The lowest BCUT2D eigenvalue weighted by Crippen LogP contribution is -2.33. The molecule has 1 aromatic rings. The fraction of sp³-hybridized carbons (Fsp3) is 0.455. The number of hydrogen-bond donors (Lipinski definition) is 0. The van der Waals surface area contributed by atoms with Gasteiger partial charge in [-0.25, -0.2) is 0 Å². The summed E-state index contributed by atoms with van der Waals surface area (Å²) in [7, 11) is 0. The first-order valence-corrected chi connectivity index (χ1v) is 5.46. The monoisotopic (exact) mass is 231 g/mol. The number of ether oxygens (including phenoxy) is 1. The minimum atomic E-state index is -4.90. The molecule has 5 heteroatoms. The van der Waals surface area contributed by atoms with E-state index in [1.165, 1.54) is 12.1 Å². The molecule has 0 aliphatic heterocycles. The summed E-state index contributed by atoms with van der Waals surface area (Å²) in [6, 6.07) is 4.87. The molecule has 90 valence electrons. The standard InChI is InChI=1S/C11H15BF3O/c1-2-3-4-9-16-11-7-5-10(6-8-11)12(13,14)15/h5-8H,2-4,9H2,1H3/q-1. The lowest BCUT2D eigenvalue weighted by Gasteiger charge is -2.15. The summed E-state index contributed by atoms with van der Waals surface area (Å²) in [4.78, 5) is 0. The van der Waals surface area contributed by atoms with Crippen LogP contribution in [0, 0.1) is 0 Å². The summed E-state index contributed by atoms with van der Waals surface area (Å²) in [5.41, 5.74) is -0.582. The highest BCUT2D eigenvalue weighted by molar-refractivity contribution is 6.73. The van der Waals surface area contributed by atoms with Gasteiger partial charge in [0.1, 0.15) is 5.75 Å². The molecule has 16 heavy (non-hydrogen) atoms. The largest absolute Gasteiger partial charge is 0.509 e. The van der Waals surface area contributed by atoms with Crippen molar-refractivity contribution in [1.29, 1.82) is 0 Å². The zero-order chi connectivity index (χ0) is 12.0. The van der Waals surface area contributed by atoms with Crippen LogP contribution in [0.3, 0.4) is 0 Å². The predicted molar refractivity (Wildman–Crippen MR) is 60.2 cm³/mol. The third-order valence-electron chi connectivity index (χ3n) is 2.27. The van der Waals surface area contributed by atoms with Crippen molar-refractivity contribution in [3.63, 3.8) is 0 Å². The average Bonchev–Trinajstić information content (AvgIpc) is 2.24. The molecule has 0 saturated carbocycles. The SMILES string of the molecule is CCCCCOc1ccc([B-](F)(F)F)cc1. The molecule has 0 fully saturated rings. The van der Waals surface area contributed by atoms with Crippen molar-refractivity contribution >= 4 is 12.4 Å². The van der Waals surface area contributed by atoms with Gasteiger partial charge in [0.2, 0.25) is 0 Å². The number of halogens is 3.